The van der Waals surface area contributed by atoms with Crippen LogP contribution in [0.25, 0.3) is 0 Å². The molecule has 2 fully saturated rings. The first-order valence-electron chi connectivity index (χ1n) is 5.17. The Balaban J connectivity index is 1.76. The van der Waals surface area contributed by atoms with Crippen molar-refractivity contribution in [3.05, 3.63) is 0 Å². The highest BCUT2D eigenvalue weighted by Crippen LogP contribution is 2.18. The maximum atomic E-state index is 11.3. The number of imide groups is 1. The Morgan fingerprint density at radius 3 is 2.53 bits per heavy atom. The van der Waals surface area contributed by atoms with Crippen molar-refractivity contribution in [2.75, 3.05) is 45.0 Å². The molecule has 0 aromatic carbocycles. The molecule has 2 amide bonds. The van der Waals surface area contributed by atoms with Crippen molar-refractivity contribution in [3.8, 4) is 0 Å². The molecule has 0 aliphatic carbocycles. The average Bonchev–Trinajstić information content (AvgIpc) is 2.58. The zero-order valence-electron chi connectivity index (χ0n) is 8.57. The van der Waals surface area contributed by atoms with Crippen LogP contribution in [0.2, 0.25) is 0 Å². The number of nitrogens with zero attached hydrogens (tertiary/aromatic N) is 2. The van der Waals surface area contributed by atoms with Crippen molar-refractivity contribution in [3.63, 3.8) is 0 Å². The molecule has 84 valence electrons. The molecular weight excluding hydrogens is 214 g/mol. The fraction of sp³-hybridized carbons (Fsp3) is 0.778. The van der Waals surface area contributed by atoms with Crippen LogP contribution in [0.3, 0.4) is 0 Å². The largest absolute Gasteiger partial charge is 0.314 e. The van der Waals surface area contributed by atoms with E-state index in [-0.39, 0.29) is 11.1 Å². The van der Waals surface area contributed by atoms with Crippen LogP contribution in [0.1, 0.15) is 0 Å². The van der Waals surface area contributed by atoms with Crippen LogP contribution in [0.5, 0.6) is 0 Å². The minimum atomic E-state index is -0.0878. The number of amides is 2. The highest BCUT2D eigenvalue weighted by atomic mass is 32.2. The number of hydrogen-bond donors (Lipinski definition) is 1. The van der Waals surface area contributed by atoms with Gasteiger partial charge in [-0.05, 0) is 0 Å². The van der Waals surface area contributed by atoms with Gasteiger partial charge in [0.15, 0.2) is 0 Å². The van der Waals surface area contributed by atoms with Crippen molar-refractivity contribution >= 4 is 22.9 Å². The molecule has 0 spiro atoms. The van der Waals surface area contributed by atoms with E-state index >= 15 is 0 Å². The minimum absolute atomic E-state index is 0.0415. The van der Waals surface area contributed by atoms with Gasteiger partial charge in [-0.3, -0.25) is 19.4 Å². The lowest BCUT2D eigenvalue weighted by Crippen LogP contribution is -2.46. The highest BCUT2D eigenvalue weighted by Gasteiger charge is 2.29. The van der Waals surface area contributed by atoms with Gasteiger partial charge in [-0.15, -0.1) is 0 Å². The Morgan fingerprint density at radius 2 is 1.93 bits per heavy atom. The van der Waals surface area contributed by atoms with Crippen molar-refractivity contribution < 1.29 is 9.59 Å². The second kappa shape index (κ2) is 4.96. The molecule has 2 rings (SSSR count). The van der Waals surface area contributed by atoms with Crippen LogP contribution in [0, 0.1) is 0 Å². The molecular formula is C9H15N3O2S. The number of carbonyl (C=O) groups is 2. The van der Waals surface area contributed by atoms with Gasteiger partial charge < -0.3 is 5.32 Å². The molecule has 2 aliphatic heterocycles. The fourth-order valence-electron chi connectivity index (χ4n) is 1.77. The Kier molecular flexibility index (Phi) is 3.61. The van der Waals surface area contributed by atoms with E-state index in [4.69, 9.17) is 0 Å². The fourth-order valence-corrected chi connectivity index (χ4v) is 2.53. The summed E-state index contributed by atoms with van der Waals surface area (Å²) in [6.07, 6.45) is 0. The molecule has 2 aliphatic rings. The molecule has 0 unspecified atom stereocenters. The summed E-state index contributed by atoms with van der Waals surface area (Å²) < 4.78 is 0. The topological polar surface area (TPSA) is 52.7 Å². The smallest absolute Gasteiger partial charge is 0.288 e. The lowest BCUT2D eigenvalue weighted by molar-refractivity contribution is -0.124. The van der Waals surface area contributed by atoms with E-state index < -0.39 is 0 Å². The molecule has 1 N–H and O–H groups in total. The van der Waals surface area contributed by atoms with E-state index in [9.17, 15) is 9.59 Å². The number of piperazine rings is 1. The second-order valence-corrected chi connectivity index (χ2v) is 4.62. The Labute approximate surface area is 93.2 Å². The lowest BCUT2D eigenvalue weighted by atomic mass is 10.3. The molecule has 2 saturated heterocycles. The van der Waals surface area contributed by atoms with Crippen LogP contribution in [-0.2, 0) is 4.79 Å². The summed E-state index contributed by atoms with van der Waals surface area (Å²) in [5.74, 6) is 0.278. The second-order valence-electron chi connectivity index (χ2n) is 3.69. The monoisotopic (exact) mass is 229 g/mol. The maximum absolute atomic E-state index is 11.3. The zero-order valence-corrected chi connectivity index (χ0v) is 9.39. The van der Waals surface area contributed by atoms with Crippen LogP contribution in [0.4, 0.5) is 4.79 Å². The van der Waals surface area contributed by atoms with Gasteiger partial charge in [-0.25, -0.2) is 0 Å². The summed E-state index contributed by atoms with van der Waals surface area (Å²) in [5, 5.41) is 3.18. The molecule has 0 radical (unpaired) electrons. The van der Waals surface area contributed by atoms with Gasteiger partial charge in [0.05, 0.1) is 5.75 Å². The summed E-state index contributed by atoms with van der Waals surface area (Å²) in [4.78, 5) is 26.3. The van der Waals surface area contributed by atoms with E-state index in [0.717, 1.165) is 44.5 Å². The molecule has 0 saturated carbocycles. The number of hydrogen-bond acceptors (Lipinski definition) is 5. The van der Waals surface area contributed by atoms with E-state index in [2.05, 4.69) is 10.2 Å². The van der Waals surface area contributed by atoms with Crippen molar-refractivity contribution in [1.82, 2.24) is 15.1 Å². The van der Waals surface area contributed by atoms with E-state index in [1.54, 1.807) is 0 Å². The molecule has 15 heavy (non-hydrogen) atoms. The zero-order chi connectivity index (χ0) is 10.7. The first kappa shape index (κ1) is 10.9. The number of nitrogens with one attached hydrogen (secondary N) is 1. The van der Waals surface area contributed by atoms with E-state index in [1.807, 2.05) is 0 Å². The molecule has 0 atom stereocenters. The van der Waals surface area contributed by atoms with Gasteiger partial charge in [-0.1, -0.05) is 11.8 Å². The summed E-state index contributed by atoms with van der Waals surface area (Å²) in [6.45, 7) is 5.35. The van der Waals surface area contributed by atoms with Gasteiger partial charge >= 0.3 is 0 Å². The number of carbonyl (C=O) groups excluding carboxylic acids is 2. The third kappa shape index (κ3) is 2.70. The standard InChI is InChI=1S/C9H15N3O2S/c13-8-7-15-9(14)12(8)6-5-11-3-1-10-2-4-11/h10H,1-7H2. The molecule has 2 heterocycles. The number of rotatable bonds is 3. The Hall–Kier alpha value is -0.590. The average molecular weight is 229 g/mol. The Bertz CT molecular complexity index is 250. The van der Waals surface area contributed by atoms with Gasteiger partial charge in [0.2, 0.25) is 5.91 Å². The van der Waals surface area contributed by atoms with E-state index in [0.29, 0.717) is 12.3 Å². The highest BCUT2D eigenvalue weighted by molar-refractivity contribution is 8.14. The van der Waals surface area contributed by atoms with Crippen LogP contribution in [-0.4, -0.2) is 66.0 Å². The summed E-state index contributed by atoms with van der Waals surface area (Å²) in [7, 11) is 0. The van der Waals surface area contributed by atoms with Gasteiger partial charge in [-0.2, -0.15) is 0 Å². The first-order valence-corrected chi connectivity index (χ1v) is 6.16. The first-order chi connectivity index (χ1) is 7.27. The summed E-state index contributed by atoms with van der Waals surface area (Å²) >= 11 is 1.11. The SMILES string of the molecule is O=C1CSC(=O)N1CCN1CCNCC1. The lowest BCUT2D eigenvalue weighted by Gasteiger charge is -2.28. The Morgan fingerprint density at radius 1 is 1.20 bits per heavy atom. The van der Waals surface area contributed by atoms with Gasteiger partial charge in [0.25, 0.3) is 5.24 Å². The third-order valence-electron chi connectivity index (χ3n) is 2.69. The quantitative estimate of drug-likeness (QED) is 0.713. The predicted molar refractivity (Wildman–Crippen MR) is 58.9 cm³/mol. The van der Waals surface area contributed by atoms with Crippen LogP contribution >= 0.6 is 11.8 Å². The predicted octanol–water partition coefficient (Wildman–Crippen LogP) is -0.413. The maximum Gasteiger partial charge on any atom is 0.288 e. The summed E-state index contributed by atoms with van der Waals surface area (Å²) in [6, 6.07) is 0. The molecule has 0 aromatic rings. The van der Waals surface area contributed by atoms with Crippen LogP contribution in [0.15, 0.2) is 0 Å². The molecule has 5 nitrogen and oxygen atoms in total. The normalized spacial score (nSPS) is 23.9. The third-order valence-corrected chi connectivity index (χ3v) is 3.55. The van der Waals surface area contributed by atoms with Gasteiger partial charge in [0.1, 0.15) is 0 Å². The van der Waals surface area contributed by atoms with Crippen molar-refractivity contribution in [1.29, 1.82) is 0 Å². The van der Waals surface area contributed by atoms with Crippen molar-refractivity contribution in [2.24, 2.45) is 0 Å². The summed E-state index contributed by atoms with van der Waals surface area (Å²) in [5.41, 5.74) is 0. The van der Waals surface area contributed by atoms with E-state index in [1.165, 1.54) is 4.90 Å². The molecule has 6 heteroatoms. The minimum Gasteiger partial charge on any atom is -0.314 e. The number of thioether (sulfide) groups is 1. The molecule has 0 bridgehead atoms. The van der Waals surface area contributed by atoms with Crippen LogP contribution < -0.4 is 5.32 Å². The molecule has 0 aromatic heterocycles. The van der Waals surface area contributed by atoms with Gasteiger partial charge in [0, 0.05) is 39.3 Å². The van der Waals surface area contributed by atoms with Crippen molar-refractivity contribution in [2.45, 2.75) is 0 Å².